The lowest BCUT2D eigenvalue weighted by molar-refractivity contribution is -0.154. The molecule has 0 bridgehead atoms. The van der Waals surface area contributed by atoms with Gasteiger partial charge in [-0.1, -0.05) is 180 Å². The van der Waals surface area contributed by atoms with E-state index in [0.29, 0.717) is 13.1 Å². The number of nitrogens with one attached hydrogen (secondary N) is 1. The molecule has 2 N–H and O–H groups in total. The van der Waals surface area contributed by atoms with Crippen LogP contribution in [0.5, 0.6) is 0 Å². The molecule has 2 atom stereocenters. The topological polar surface area (TPSA) is 114 Å². The Morgan fingerprint density at radius 1 is 0.611 bits per heavy atom. The Kier molecular flexibility index (Phi) is 34.7. The van der Waals surface area contributed by atoms with Crippen LogP contribution in [0.2, 0.25) is 0 Å². The molecule has 1 rings (SSSR count). The fourth-order valence-corrected chi connectivity index (χ4v) is 8.08. The first-order chi connectivity index (χ1) is 26.4. The lowest BCUT2D eigenvalue weighted by Crippen LogP contribution is -2.43. The van der Waals surface area contributed by atoms with Crippen molar-refractivity contribution in [1.82, 2.24) is 10.2 Å². The molecule has 10 heteroatoms. The minimum Gasteiger partial charge on any atom is -0.458 e. The number of rotatable bonds is 38. The molecule has 54 heavy (non-hydrogen) atoms. The predicted molar refractivity (Wildman–Crippen MR) is 225 cm³/mol. The van der Waals surface area contributed by atoms with Crippen molar-refractivity contribution < 1.29 is 33.0 Å². The van der Waals surface area contributed by atoms with E-state index < -0.39 is 25.6 Å². The van der Waals surface area contributed by atoms with E-state index in [1.54, 1.807) is 0 Å². The second-order valence-electron chi connectivity index (χ2n) is 15.5. The van der Waals surface area contributed by atoms with Gasteiger partial charge < -0.3 is 24.2 Å². The van der Waals surface area contributed by atoms with Gasteiger partial charge in [-0.15, -0.1) is 0 Å². The van der Waals surface area contributed by atoms with Gasteiger partial charge in [-0.25, -0.2) is 9.59 Å². The molecular weight excluding hydrogens is 699 g/mol. The van der Waals surface area contributed by atoms with E-state index in [4.69, 9.17) is 14.0 Å². The molecule has 1 heterocycles. The molecule has 1 saturated heterocycles. The largest absolute Gasteiger partial charge is 0.458 e. The maximum Gasteiger partial charge on any atom is 0.342 e. The Balaban J connectivity index is 2.32. The highest BCUT2D eigenvalue weighted by molar-refractivity contribution is 7.52. The fourth-order valence-electron chi connectivity index (χ4n) is 6.81. The van der Waals surface area contributed by atoms with E-state index in [1.807, 2.05) is 17.1 Å². The summed E-state index contributed by atoms with van der Waals surface area (Å²) >= 11 is 0. The van der Waals surface area contributed by atoms with Crippen LogP contribution in [0.25, 0.3) is 0 Å². The second-order valence-corrected chi connectivity index (χ2v) is 17.3. The van der Waals surface area contributed by atoms with Crippen molar-refractivity contribution in [2.75, 3.05) is 45.7 Å². The van der Waals surface area contributed by atoms with Crippen LogP contribution >= 0.6 is 7.60 Å². The lowest BCUT2D eigenvalue weighted by atomic mass is 10.0. The third kappa shape index (κ3) is 33.8. The van der Waals surface area contributed by atoms with E-state index >= 15 is 0 Å². The average molecular weight is 783 g/mol. The van der Waals surface area contributed by atoms with Gasteiger partial charge in [0.2, 0.25) is 0 Å². The second kappa shape index (κ2) is 37.1. The number of ether oxygens (including phenoxy) is 2. The summed E-state index contributed by atoms with van der Waals surface area (Å²) in [5.41, 5.74) is 0. The summed E-state index contributed by atoms with van der Waals surface area (Å²) in [5, 5.41) is 3.22. The van der Waals surface area contributed by atoms with Gasteiger partial charge in [-0.2, -0.15) is 0 Å². The molecule has 1 fully saturated rings. The summed E-state index contributed by atoms with van der Waals surface area (Å²) in [6, 6.07) is 0. The van der Waals surface area contributed by atoms with Crippen molar-refractivity contribution >= 4 is 19.5 Å². The standard InChI is InChI=1S/C44H83N2O7P/c1-3-5-7-9-11-13-15-17-19-21-23-25-27-29-31-33-43(47)51-39-42(40-52-54(49,50)41-46-37-35-45-36-38-46)53-44(48)34-32-30-28-26-24-22-20-18-16-14-12-10-8-6-4-2/h31-34,42,45H,3-30,35-41H2,1-2H3,(H,49,50)/t42-/m1/s1. The number of allylic oxidation sites excluding steroid dienone is 2. The van der Waals surface area contributed by atoms with Gasteiger partial charge in [0, 0.05) is 38.3 Å². The molecule has 0 amide bonds. The molecule has 0 aliphatic carbocycles. The average Bonchev–Trinajstić information content (AvgIpc) is 3.16. The summed E-state index contributed by atoms with van der Waals surface area (Å²) in [5.74, 6) is -1.11. The molecule has 316 valence electrons. The van der Waals surface area contributed by atoms with Gasteiger partial charge in [0.05, 0.1) is 6.61 Å². The fraction of sp³-hybridized carbons (Fsp3) is 0.864. The monoisotopic (exact) mass is 783 g/mol. The van der Waals surface area contributed by atoms with E-state index in [9.17, 15) is 19.0 Å². The maximum absolute atomic E-state index is 12.8. The van der Waals surface area contributed by atoms with Crippen LogP contribution in [0.15, 0.2) is 24.3 Å². The normalized spacial score (nSPS) is 15.5. The van der Waals surface area contributed by atoms with E-state index in [1.165, 1.54) is 153 Å². The number of piperazine rings is 1. The Bertz CT molecular complexity index is 986. The van der Waals surface area contributed by atoms with Crippen LogP contribution in [0.1, 0.15) is 194 Å². The van der Waals surface area contributed by atoms with Crippen LogP contribution in [-0.4, -0.2) is 73.5 Å². The molecule has 1 aliphatic heterocycles. The van der Waals surface area contributed by atoms with Gasteiger partial charge >= 0.3 is 19.5 Å². The zero-order valence-corrected chi connectivity index (χ0v) is 35.8. The first-order valence-corrected chi connectivity index (χ1v) is 24.2. The molecule has 0 aromatic rings. The van der Waals surface area contributed by atoms with Crippen LogP contribution in [0.4, 0.5) is 0 Å². The molecule has 0 saturated carbocycles. The van der Waals surface area contributed by atoms with Crippen molar-refractivity contribution in [2.45, 2.75) is 200 Å². The number of esters is 2. The Hall–Kier alpha value is -1.51. The molecule has 0 radical (unpaired) electrons. The highest BCUT2D eigenvalue weighted by Crippen LogP contribution is 2.42. The Labute approximate surface area is 331 Å². The zero-order chi connectivity index (χ0) is 39.2. The van der Waals surface area contributed by atoms with Crippen LogP contribution < -0.4 is 5.32 Å². The van der Waals surface area contributed by atoms with Gasteiger partial charge in [0.15, 0.2) is 6.10 Å². The quantitative estimate of drug-likeness (QED) is 0.0273. The third-order valence-corrected chi connectivity index (χ3v) is 11.5. The minimum atomic E-state index is -3.97. The molecule has 0 aromatic heterocycles. The molecular formula is C44H83N2O7P. The number of carbonyl (C=O) groups is 2. The van der Waals surface area contributed by atoms with Crippen molar-refractivity contribution in [1.29, 1.82) is 0 Å². The molecule has 9 nitrogen and oxygen atoms in total. The predicted octanol–water partition coefficient (Wildman–Crippen LogP) is 11.6. The van der Waals surface area contributed by atoms with E-state index in [2.05, 4.69) is 19.2 Å². The van der Waals surface area contributed by atoms with E-state index in [-0.39, 0.29) is 19.5 Å². The SMILES string of the molecule is CCCCCCCCCCCCCCCC=CC(=O)OC[C@H](COP(=O)(O)CN1CCNCC1)OC(=O)C=CCCCCCCCCCCCCCCC. The van der Waals surface area contributed by atoms with Gasteiger partial charge in [0.1, 0.15) is 12.9 Å². The first-order valence-electron chi connectivity index (χ1n) is 22.5. The number of unbranched alkanes of at least 4 members (excludes halogenated alkanes) is 26. The van der Waals surface area contributed by atoms with Crippen molar-refractivity contribution in [3.63, 3.8) is 0 Å². The van der Waals surface area contributed by atoms with Crippen molar-refractivity contribution in [3.8, 4) is 0 Å². The number of nitrogens with zero attached hydrogens (tertiary/aromatic N) is 1. The van der Waals surface area contributed by atoms with E-state index in [0.717, 1.165) is 51.6 Å². The minimum absolute atomic E-state index is 0.101. The van der Waals surface area contributed by atoms with Gasteiger partial charge in [-0.3, -0.25) is 9.46 Å². The highest BCUT2D eigenvalue weighted by atomic mass is 31.2. The van der Waals surface area contributed by atoms with Gasteiger partial charge in [-0.05, 0) is 25.7 Å². The summed E-state index contributed by atoms with van der Waals surface area (Å²) in [7, 11) is -3.97. The number of hydrogen-bond acceptors (Lipinski definition) is 8. The highest BCUT2D eigenvalue weighted by Gasteiger charge is 2.27. The number of hydrogen-bond donors (Lipinski definition) is 2. The molecule has 0 aromatic carbocycles. The summed E-state index contributed by atoms with van der Waals surface area (Å²) in [6.45, 7) is 6.72. The summed E-state index contributed by atoms with van der Waals surface area (Å²) in [4.78, 5) is 37.4. The smallest absolute Gasteiger partial charge is 0.342 e. The molecule has 1 unspecified atom stereocenters. The van der Waals surface area contributed by atoms with Crippen molar-refractivity contribution in [2.24, 2.45) is 0 Å². The lowest BCUT2D eigenvalue weighted by Gasteiger charge is -2.28. The Morgan fingerprint density at radius 2 is 1.00 bits per heavy atom. The van der Waals surface area contributed by atoms with Crippen LogP contribution in [0.3, 0.4) is 0 Å². The van der Waals surface area contributed by atoms with Gasteiger partial charge in [0.25, 0.3) is 0 Å². The first kappa shape index (κ1) is 50.5. The summed E-state index contributed by atoms with van der Waals surface area (Å²) in [6.07, 6.45) is 40.6. The third-order valence-electron chi connectivity index (χ3n) is 10.2. The zero-order valence-electron chi connectivity index (χ0n) is 34.9. The van der Waals surface area contributed by atoms with Crippen molar-refractivity contribution in [3.05, 3.63) is 24.3 Å². The maximum atomic E-state index is 12.8. The molecule has 0 spiro atoms. The summed E-state index contributed by atoms with van der Waals surface area (Å²) < 4.78 is 29.1. The number of carbonyl (C=O) groups excluding carboxylic acids is 2. The van der Waals surface area contributed by atoms with Crippen LogP contribution in [0, 0.1) is 0 Å². The molecule has 1 aliphatic rings. The van der Waals surface area contributed by atoms with Crippen LogP contribution in [-0.2, 0) is 28.2 Å². The Morgan fingerprint density at radius 3 is 1.43 bits per heavy atom.